The minimum absolute atomic E-state index is 0.493. The van der Waals surface area contributed by atoms with Crippen LogP contribution in [0.15, 0.2) is 41.4 Å². The summed E-state index contributed by atoms with van der Waals surface area (Å²) in [5, 5.41) is 9.43. The van der Waals surface area contributed by atoms with Crippen LogP contribution in [-0.2, 0) is 6.42 Å². The van der Waals surface area contributed by atoms with E-state index in [9.17, 15) is 5.11 Å². The van der Waals surface area contributed by atoms with Gasteiger partial charge < -0.3 is 5.11 Å². The summed E-state index contributed by atoms with van der Waals surface area (Å²) in [6.07, 6.45) is 0.123. The highest BCUT2D eigenvalue weighted by atomic mass is 79.9. The molecule has 0 spiro atoms. The van der Waals surface area contributed by atoms with Crippen LogP contribution in [0.25, 0.3) is 0 Å². The summed E-state index contributed by atoms with van der Waals surface area (Å²) in [6.45, 7) is 3.62. The summed E-state index contributed by atoms with van der Waals surface area (Å²) < 4.78 is 0.631. The maximum Gasteiger partial charge on any atom is 0.0888 e. The highest BCUT2D eigenvalue weighted by Gasteiger charge is 2.05. The van der Waals surface area contributed by atoms with Crippen molar-refractivity contribution in [1.29, 1.82) is 0 Å². The van der Waals surface area contributed by atoms with Crippen molar-refractivity contribution in [3.05, 3.63) is 47.0 Å². The van der Waals surface area contributed by atoms with Gasteiger partial charge in [0.1, 0.15) is 0 Å². The molecular formula is C10H11BrO. The zero-order valence-electron chi connectivity index (χ0n) is 6.70. The van der Waals surface area contributed by atoms with Crippen LogP contribution in [0, 0.1) is 0 Å². The smallest absolute Gasteiger partial charge is 0.0888 e. The maximum atomic E-state index is 9.43. The van der Waals surface area contributed by atoms with E-state index in [1.165, 1.54) is 0 Å². The Morgan fingerprint density at radius 1 is 1.42 bits per heavy atom. The molecule has 0 saturated heterocycles. The van der Waals surface area contributed by atoms with Gasteiger partial charge in [-0.25, -0.2) is 0 Å². The molecule has 0 amide bonds. The predicted molar refractivity (Wildman–Crippen MR) is 54.2 cm³/mol. The normalized spacial score (nSPS) is 12.5. The number of hydrogen-bond acceptors (Lipinski definition) is 1. The van der Waals surface area contributed by atoms with Crippen molar-refractivity contribution in [1.82, 2.24) is 0 Å². The van der Waals surface area contributed by atoms with E-state index in [2.05, 4.69) is 22.5 Å². The fourth-order valence-electron chi connectivity index (χ4n) is 0.948. The summed E-state index contributed by atoms with van der Waals surface area (Å²) >= 11 is 3.15. The first-order chi connectivity index (χ1) is 5.70. The van der Waals surface area contributed by atoms with E-state index in [4.69, 9.17) is 0 Å². The lowest BCUT2D eigenvalue weighted by molar-refractivity contribution is 0.221. The highest BCUT2D eigenvalue weighted by molar-refractivity contribution is 9.11. The average Bonchev–Trinajstić information content (AvgIpc) is 2.06. The molecule has 1 aromatic rings. The molecule has 0 aliphatic rings. The van der Waals surface area contributed by atoms with E-state index in [1.807, 2.05) is 30.3 Å². The molecular weight excluding hydrogens is 216 g/mol. The van der Waals surface area contributed by atoms with Crippen LogP contribution in [0.5, 0.6) is 0 Å². The maximum absolute atomic E-state index is 9.43. The third-order valence-corrected chi connectivity index (χ3v) is 2.16. The van der Waals surface area contributed by atoms with Crippen molar-refractivity contribution in [3.8, 4) is 0 Å². The number of halogens is 1. The van der Waals surface area contributed by atoms with E-state index in [0.717, 1.165) is 5.56 Å². The molecule has 0 radical (unpaired) electrons. The molecule has 2 heteroatoms. The third-order valence-electron chi connectivity index (χ3n) is 1.63. The van der Waals surface area contributed by atoms with E-state index < -0.39 is 6.10 Å². The van der Waals surface area contributed by atoms with Crippen LogP contribution in [0.2, 0.25) is 0 Å². The van der Waals surface area contributed by atoms with E-state index in [-0.39, 0.29) is 0 Å². The van der Waals surface area contributed by atoms with E-state index in [1.54, 1.807) is 0 Å². The Kier molecular flexibility index (Phi) is 3.50. The zero-order valence-corrected chi connectivity index (χ0v) is 8.29. The standard InChI is InChI=1S/C10H11BrO/c1-8(11)10(12)7-9-5-3-2-4-6-9/h2-6,10,12H,1,7H2. The SMILES string of the molecule is C=C(Br)C(O)Cc1ccccc1. The molecule has 1 aromatic carbocycles. The molecule has 0 aliphatic heterocycles. The van der Waals surface area contributed by atoms with Gasteiger partial charge in [-0.1, -0.05) is 52.8 Å². The minimum Gasteiger partial charge on any atom is -0.388 e. The lowest BCUT2D eigenvalue weighted by Gasteiger charge is -2.07. The Bertz CT molecular complexity index is 256. The van der Waals surface area contributed by atoms with E-state index >= 15 is 0 Å². The van der Waals surface area contributed by atoms with Crippen LogP contribution in [-0.4, -0.2) is 11.2 Å². The summed E-state index contributed by atoms with van der Waals surface area (Å²) in [7, 11) is 0. The first-order valence-electron chi connectivity index (χ1n) is 3.76. The lowest BCUT2D eigenvalue weighted by Crippen LogP contribution is -2.09. The van der Waals surface area contributed by atoms with Gasteiger partial charge in [0, 0.05) is 10.9 Å². The Hall–Kier alpha value is -0.600. The molecule has 0 heterocycles. The summed E-state index contributed by atoms with van der Waals surface area (Å²) in [4.78, 5) is 0. The average molecular weight is 227 g/mol. The van der Waals surface area contributed by atoms with Crippen LogP contribution >= 0.6 is 15.9 Å². The number of rotatable bonds is 3. The first kappa shape index (κ1) is 9.49. The first-order valence-corrected chi connectivity index (χ1v) is 4.55. The van der Waals surface area contributed by atoms with Crippen LogP contribution in [0.4, 0.5) is 0 Å². The Labute approximate surface area is 80.9 Å². The fourth-order valence-corrected chi connectivity index (χ4v) is 1.11. The molecule has 0 bridgehead atoms. The predicted octanol–water partition coefficient (Wildman–Crippen LogP) is 2.50. The van der Waals surface area contributed by atoms with Crippen LogP contribution < -0.4 is 0 Å². The molecule has 1 atom stereocenters. The Morgan fingerprint density at radius 2 is 2.00 bits per heavy atom. The van der Waals surface area contributed by atoms with Gasteiger partial charge >= 0.3 is 0 Å². The second-order valence-electron chi connectivity index (χ2n) is 2.65. The van der Waals surface area contributed by atoms with Gasteiger partial charge in [0.25, 0.3) is 0 Å². The molecule has 0 saturated carbocycles. The van der Waals surface area contributed by atoms with Crippen molar-refractivity contribution in [2.45, 2.75) is 12.5 Å². The van der Waals surface area contributed by atoms with Crippen molar-refractivity contribution >= 4 is 15.9 Å². The van der Waals surface area contributed by atoms with Gasteiger partial charge in [0.05, 0.1) is 6.10 Å². The second-order valence-corrected chi connectivity index (χ2v) is 3.67. The number of benzene rings is 1. The quantitative estimate of drug-likeness (QED) is 0.841. The summed E-state index contributed by atoms with van der Waals surface area (Å²) in [5.41, 5.74) is 1.12. The molecule has 64 valence electrons. The molecule has 0 fully saturated rings. The van der Waals surface area contributed by atoms with Crippen molar-refractivity contribution in [2.75, 3.05) is 0 Å². The molecule has 1 rings (SSSR count). The Balaban J connectivity index is 2.58. The van der Waals surface area contributed by atoms with Gasteiger partial charge in [-0.2, -0.15) is 0 Å². The second kappa shape index (κ2) is 4.43. The molecule has 1 nitrogen and oxygen atoms in total. The number of aliphatic hydroxyl groups is 1. The van der Waals surface area contributed by atoms with Gasteiger partial charge in [0.2, 0.25) is 0 Å². The van der Waals surface area contributed by atoms with Gasteiger partial charge in [-0.3, -0.25) is 0 Å². The number of aliphatic hydroxyl groups excluding tert-OH is 1. The molecule has 12 heavy (non-hydrogen) atoms. The zero-order chi connectivity index (χ0) is 8.97. The Morgan fingerprint density at radius 3 is 2.50 bits per heavy atom. The fraction of sp³-hybridized carbons (Fsp3) is 0.200. The summed E-state index contributed by atoms with van der Waals surface area (Å²) in [6, 6.07) is 9.84. The van der Waals surface area contributed by atoms with Gasteiger partial charge in [0.15, 0.2) is 0 Å². The summed E-state index contributed by atoms with van der Waals surface area (Å²) in [5.74, 6) is 0. The third kappa shape index (κ3) is 2.80. The van der Waals surface area contributed by atoms with Crippen molar-refractivity contribution in [2.24, 2.45) is 0 Å². The lowest BCUT2D eigenvalue weighted by atomic mass is 10.1. The molecule has 0 aromatic heterocycles. The van der Waals surface area contributed by atoms with Crippen LogP contribution in [0.3, 0.4) is 0 Å². The largest absolute Gasteiger partial charge is 0.388 e. The van der Waals surface area contributed by atoms with Gasteiger partial charge in [-0.15, -0.1) is 0 Å². The van der Waals surface area contributed by atoms with Crippen LogP contribution in [0.1, 0.15) is 5.56 Å². The number of hydrogen-bond donors (Lipinski definition) is 1. The molecule has 0 aliphatic carbocycles. The van der Waals surface area contributed by atoms with Crippen molar-refractivity contribution < 1.29 is 5.11 Å². The van der Waals surface area contributed by atoms with E-state index in [0.29, 0.717) is 10.9 Å². The molecule has 1 unspecified atom stereocenters. The minimum atomic E-state index is -0.493. The van der Waals surface area contributed by atoms with Crippen molar-refractivity contribution in [3.63, 3.8) is 0 Å². The topological polar surface area (TPSA) is 20.2 Å². The highest BCUT2D eigenvalue weighted by Crippen LogP contribution is 2.12. The molecule has 1 N–H and O–H groups in total. The monoisotopic (exact) mass is 226 g/mol. The van der Waals surface area contributed by atoms with Gasteiger partial charge in [-0.05, 0) is 5.56 Å².